The third kappa shape index (κ3) is 4.49. The standard InChI is InChI=1S/C25H32O10S2/c1-12(2)19-17(9-10-18(36(28,29)30)20(19)14-7-5-4-6-8-14)34-25(27)21-15-11-16-23(22(15)33-13(3)26)35-37(31,32)24(16)21/h9-10,12,14-16,21-24H,4-8,11H2,1-3H3,(H,28,29,30). The van der Waals surface area contributed by atoms with E-state index < -0.39 is 67.4 Å². The third-order valence-electron chi connectivity index (χ3n) is 8.39. The number of carbonyl (C=O) groups excluding carboxylic acids is 2. The molecule has 3 aliphatic carbocycles. The molecular formula is C25H32O10S2. The molecule has 0 spiro atoms. The maximum Gasteiger partial charge on any atom is 0.316 e. The van der Waals surface area contributed by atoms with Gasteiger partial charge in [-0.3, -0.25) is 18.3 Å². The molecule has 4 fully saturated rings. The van der Waals surface area contributed by atoms with Crippen LogP contribution in [0.3, 0.4) is 0 Å². The first-order valence-electron chi connectivity index (χ1n) is 12.8. The molecule has 6 atom stereocenters. The number of fused-ring (bicyclic) bond motifs is 1. The second-order valence-electron chi connectivity index (χ2n) is 11.0. The van der Waals surface area contributed by atoms with Crippen LogP contribution in [0.1, 0.15) is 82.3 Å². The van der Waals surface area contributed by atoms with Crippen molar-refractivity contribution in [3.63, 3.8) is 0 Å². The summed E-state index contributed by atoms with van der Waals surface area (Å²) in [5, 5.41) is -1.08. The molecule has 37 heavy (non-hydrogen) atoms. The number of esters is 2. The Hall–Kier alpha value is -2.02. The van der Waals surface area contributed by atoms with Crippen LogP contribution in [0, 0.1) is 17.8 Å². The molecule has 0 radical (unpaired) electrons. The van der Waals surface area contributed by atoms with Crippen LogP contribution in [0.5, 0.6) is 5.75 Å². The first-order chi connectivity index (χ1) is 17.3. The van der Waals surface area contributed by atoms with Crippen molar-refractivity contribution in [3.05, 3.63) is 23.3 Å². The van der Waals surface area contributed by atoms with E-state index >= 15 is 0 Å². The van der Waals surface area contributed by atoms with Gasteiger partial charge in [0.25, 0.3) is 20.2 Å². The molecule has 6 unspecified atom stereocenters. The lowest BCUT2D eigenvalue weighted by molar-refractivity contribution is -0.158. The van der Waals surface area contributed by atoms with Crippen LogP contribution in [0.15, 0.2) is 17.0 Å². The minimum Gasteiger partial charge on any atom is -0.459 e. The SMILES string of the molecule is CC(=O)OC1C2CC3C1OS(=O)(=O)C3C2C(=O)Oc1ccc(S(=O)(=O)O)c(C2CCCCC2)c1C(C)C. The third-order valence-corrected chi connectivity index (χ3v) is 11.1. The van der Waals surface area contributed by atoms with E-state index in [1.165, 1.54) is 19.1 Å². The second kappa shape index (κ2) is 9.32. The highest BCUT2D eigenvalue weighted by Crippen LogP contribution is 2.59. The molecule has 1 N–H and O–H groups in total. The van der Waals surface area contributed by atoms with Gasteiger partial charge in [-0.2, -0.15) is 16.8 Å². The lowest BCUT2D eigenvalue weighted by Crippen LogP contribution is -2.46. The lowest BCUT2D eigenvalue weighted by atomic mass is 9.79. The van der Waals surface area contributed by atoms with Crippen LogP contribution in [-0.2, 0) is 38.7 Å². The van der Waals surface area contributed by atoms with Crippen molar-refractivity contribution in [2.75, 3.05) is 0 Å². The van der Waals surface area contributed by atoms with E-state index in [0.717, 1.165) is 32.1 Å². The van der Waals surface area contributed by atoms with Gasteiger partial charge in [0.2, 0.25) is 0 Å². The predicted octanol–water partition coefficient (Wildman–Crippen LogP) is 3.30. The molecule has 1 aromatic carbocycles. The summed E-state index contributed by atoms with van der Waals surface area (Å²) in [6, 6.07) is 2.60. The average molecular weight is 557 g/mol. The summed E-state index contributed by atoms with van der Waals surface area (Å²) in [5.74, 6) is -3.72. The summed E-state index contributed by atoms with van der Waals surface area (Å²) in [6.45, 7) is 4.92. The molecule has 1 saturated heterocycles. The van der Waals surface area contributed by atoms with Crippen molar-refractivity contribution in [1.82, 2.24) is 0 Å². The first-order valence-corrected chi connectivity index (χ1v) is 15.7. The van der Waals surface area contributed by atoms with E-state index in [-0.39, 0.29) is 22.5 Å². The second-order valence-corrected chi connectivity index (χ2v) is 14.1. The summed E-state index contributed by atoms with van der Waals surface area (Å²) in [6.07, 6.45) is 3.06. The molecular weight excluding hydrogens is 524 g/mol. The summed E-state index contributed by atoms with van der Waals surface area (Å²) >= 11 is 0. The average Bonchev–Trinajstić information content (AvgIpc) is 3.41. The normalized spacial score (nSPS) is 32.6. The van der Waals surface area contributed by atoms with Crippen molar-refractivity contribution in [3.8, 4) is 5.75 Å². The Morgan fingerprint density at radius 3 is 2.38 bits per heavy atom. The van der Waals surface area contributed by atoms with Gasteiger partial charge in [-0.05, 0) is 48.8 Å². The molecule has 2 bridgehead atoms. The Bertz CT molecular complexity index is 1330. The van der Waals surface area contributed by atoms with Gasteiger partial charge in [0.1, 0.15) is 23.2 Å². The zero-order valence-corrected chi connectivity index (χ0v) is 22.6. The van der Waals surface area contributed by atoms with Crippen molar-refractivity contribution in [2.24, 2.45) is 17.8 Å². The quantitative estimate of drug-likeness (QED) is 0.239. The topological polar surface area (TPSA) is 150 Å². The summed E-state index contributed by atoms with van der Waals surface area (Å²) < 4.78 is 76.7. The van der Waals surface area contributed by atoms with Gasteiger partial charge >= 0.3 is 11.9 Å². The zero-order valence-electron chi connectivity index (χ0n) is 21.0. The molecule has 1 heterocycles. The lowest BCUT2D eigenvalue weighted by Gasteiger charge is -2.31. The fourth-order valence-corrected chi connectivity index (χ4v) is 9.99. The van der Waals surface area contributed by atoms with Gasteiger partial charge in [0, 0.05) is 24.3 Å². The van der Waals surface area contributed by atoms with Crippen molar-refractivity contribution in [2.45, 2.75) is 93.5 Å². The number of rotatable bonds is 6. The molecule has 5 rings (SSSR count). The highest BCUT2D eigenvalue weighted by Gasteiger charge is 2.72. The first kappa shape index (κ1) is 26.6. The van der Waals surface area contributed by atoms with E-state index in [0.29, 0.717) is 17.5 Å². The van der Waals surface area contributed by atoms with Crippen LogP contribution >= 0.6 is 0 Å². The predicted molar refractivity (Wildman–Crippen MR) is 130 cm³/mol. The highest BCUT2D eigenvalue weighted by molar-refractivity contribution is 7.87. The van der Waals surface area contributed by atoms with Crippen LogP contribution in [0.25, 0.3) is 0 Å². The Morgan fingerprint density at radius 1 is 1.11 bits per heavy atom. The maximum atomic E-state index is 13.6. The van der Waals surface area contributed by atoms with Crippen molar-refractivity contribution >= 4 is 32.2 Å². The Morgan fingerprint density at radius 2 is 1.78 bits per heavy atom. The monoisotopic (exact) mass is 556 g/mol. The van der Waals surface area contributed by atoms with E-state index in [2.05, 4.69) is 0 Å². The van der Waals surface area contributed by atoms with E-state index in [9.17, 15) is 31.0 Å². The van der Waals surface area contributed by atoms with Crippen LogP contribution in [-0.4, -0.2) is 50.8 Å². The molecule has 4 aliphatic rings. The maximum absolute atomic E-state index is 13.6. The minimum absolute atomic E-state index is 0.123. The van der Waals surface area contributed by atoms with Gasteiger partial charge in [-0.25, -0.2) is 0 Å². The van der Waals surface area contributed by atoms with Gasteiger partial charge < -0.3 is 9.47 Å². The minimum atomic E-state index is -4.53. The van der Waals surface area contributed by atoms with Crippen LogP contribution in [0.4, 0.5) is 0 Å². The number of benzene rings is 1. The molecule has 0 aromatic heterocycles. The summed E-state index contributed by atoms with van der Waals surface area (Å²) in [7, 11) is -8.60. The number of ether oxygens (including phenoxy) is 2. The van der Waals surface area contributed by atoms with Crippen LogP contribution in [0.2, 0.25) is 0 Å². The number of hydrogen-bond donors (Lipinski definition) is 1. The molecule has 12 heteroatoms. The van der Waals surface area contributed by atoms with E-state index in [4.69, 9.17) is 13.7 Å². The van der Waals surface area contributed by atoms with Crippen molar-refractivity contribution < 1.29 is 44.6 Å². The van der Waals surface area contributed by atoms with E-state index in [1.807, 2.05) is 13.8 Å². The molecule has 204 valence electrons. The smallest absolute Gasteiger partial charge is 0.316 e. The van der Waals surface area contributed by atoms with Gasteiger partial charge in [-0.15, -0.1) is 0 Å². The van der Waals surface area contributed by atoms with Gasteiger partial charge in [0.15, 0.2) is 0 Å². The Balaban J connectivity index is 1.54. The molecule has 0 amide bonds. The summed E-state index contributed by atoms with van der Waals surface area (Å²) in [5.41, 5.74) is 0.976. The highest BCUT2D eigenvalue weighted by atomic mass is 32.2. The number of carbonyl (C=O) groups is 2. The van der Waals surface area contributed by atoms with Crippen LogP contribution < -0.4 is 4.74 Å². The molecule has 10 nitrogen and oxygen atoms in total. The molecule has 1 aliphatic heterocycles. The Labute approximate surface area is 216 Å². The fourth-order valence-electron chi connectivity index (χ4n) is 7.14. The summed E-state index contributed by atoms with van der Waals surface area (Å²) in [4.78, 5) is 25.1. The Kier molecular flexibility index (Phi) is 6.69. The van der Waals surface area contributed by atoms with Gasteiger partial charge in [0.05, 0.1) is 10.8 Å². The van der Waals surface area contributed by atoms with Crippen molar-refractivity contribution in [1.29, 1.82) is 0 Å². The van der Waals surface area contributed by atoms with E-state index in [1.54, 1.807) is 0 Å². The fraction of sp³-hybridized carbons (Fsp3) is 0.680. The number of hydrogen-bond acceptors (Lipinski definition) is 9. The largest absolute Gasteiger partial charge is 0.459 e. The zero-order chi connectivity index (χ0) is 26.9. The molecule has 3 saturated carbocycles. The molecule has 1 aromatic rings. The van der Waals surface area contributed by atoms with Gasteiger partial charge in [-0.1, -0.05) is 33.1 Å².